The van der Waals surface area contributed by atoms with Gasteiger partial charge in [-0.25, -0.2) is 9.37 Å². The van der Waals surface area contributed by atoms with Crippen LogP contribution in [0, 0.1) is 12.7 Å². The number of hydrogen-bond donors (Lipinski definition) is 2. The first-order valence-electron chi connectivity index (χ1n) is 9.44. The monoisotopic (exact) mass is 451 g/mol. The lowest BCUT2D eigenvalue weighted by molar-refractivity contribution is -0.113. The highest BCUT2D eigenvalue weighted by atomic mass is 32.2. The minimum atomic E-state index is -0.577. The van der Waals surface area contributed by atoms with Crippen molar-refractivity contribution < 1.29 is 14.0 Å². The van der Waals surface area contributed by atoms with E-state index in [4.69, 9.17) is 0 Å². The van der Waals surface area contributed by atoms with Crippen LogP contribution in [-0.4, -0.2) is 22.6 Å². The van der Waals surface area contributed by atoms with Crippen LogP contribution in [0.3, 0.4) is 0 Å². The first-order valence-corrected chi connectivity index (χ1v) is 11.2. The molecule has 5 nitrogen and oxygen atoms in total. The molecule has 4 aromatic rings. The fourth-order valence-corrected chi connectivity index (χ4v) is 4.63. The van der Waals surface area contributed by atoms with Crippen LogP contribution >= 0.6 is 23.1 Å². The number of aromatic nitrogens is 1. The van der Waals surface area contributed by atoms with E-state index in [-0.39, 0.29) is 17.2 Å². The highest BCUT2D eigenvalue weighted by Crippen LogP contribution is 2.27. The molecule has 8 heteroatoms. The van der Waals surface area contributed by atoms with E-state index in [2.05, 4.69) is 15.6 Å². The van der Waals surface area contributed by atoms with Gasteiger partial charge in [0.2, 0.25) is 5.91 Å². The topological polar surface area (TPSA) is 71.1 Å². The Morgan fingerprint density at radius 2 is 1.87 bits per heavy atom. The number of thiazole rings is 1. The number of carbonyl (C=O) groups excluding carboxylic acids is 2. The van der Waals surface area contributed by atoms with Crippen LogP contribution in [0.1, 0.15) is 15.9 Å². The molecule has 1 heterocycles. The van der Waals surface area contributed by atoms with Crippen LogP contribution in [0.15, 0.2) is 71.6 Å². The smallest absolute Gasteiger partial charge is 0.258 e. The largest absolute Gasteiger partial charge is 0.322 e. The maximum absolute atomic E-state index is 13.8. The lowest BCUT2D eigenvalue weighted by Crippen LogP contribution is -2.14. The van der Waals surface area contributed by atoms with Crippen molar-refractivity contribution in [3.05, 3.63) is 83.7 Å². The van der Waals surface area contributed by atoms with Crippen LogP contribution in [0.4, 0.5) is 15.2 Å². The van der Waals surface area contributed by atoms with Gasteiger partial charge in [-0.1, -0.05) is 35.6 Å². The van der Waals surface area contributed by atoms with Crippen molar-refractivity contribution >= 4 is 55.9 Å². The number of nitrogens with one attached hydrogen (secondary N) is 2. The summed E-state index contributed by atoms with van der Waals surface area (Å²) in [6.45, 7) is 2.01. The molecule has 2 amide bonds. The number of fused-ring (bicyclic) bond motifs is 1. The number of carbonyl (C=O) groups is 2. The summed E-state index contributed by atoms with van der Waals surface area (Å²) in [5.74, 6) is -1.07. The quantitative estimate of drug-likeness (QED) is 0.368. The number of thioether (sulfide) groups is 1. The minimum Gasteiger partial charge on any atom is -0.322 e. The van der Waals surface area contributed by atoms with E-state index in [1.54, 1.807) is 24.3 Å². The molecule has 0 atom stereocenters. The molecule has 0 fully saturated rings. The number of anilines is 2. The van der Waals surface area contributed by atoms with Crippen LogP contribution in [0.5, 0.6) is 0 Å². The molecule has 0 saturated carbocycles. The zero-order chi connectivity index (χ0) is 21.8. The van der Waals surface area contributed by atoms with Crippen molar-refractivity contribution in [2.24, 2.45) is 0 Å². The van der Waals surface area contributed by atoms with Gasteiger partial charge in [-0.3, -0.25) is 9.59 Å². The van der Waals surface area contributed by atoms with Crippen LogP contribution in [0.2, 0.25) is 0 Å². The van der Waals surface area contributed by atoms with Gasteiger partial charge in [-0.15, -0.1) is 11.8 Å². The number of halogens is 1. The molecule has 2 N–H and O–H groups in total. The second-order valence-electron chi connectivity index (χ2n) is 6.79. The van der Waals surface area contributed by atoms with E-state index in [1.807, 2.05) is 31.2 Å². The molecule has 0 aliphatic carbocycles. The molecule has 31 heavy (non-hydrogen) atoms. The van der Waals surface area contributed by atoms with Gasteiger partial charge in [-0.05, 0) is 55.0 Å². The predicted molar refractivity (Wildman–Crippen MR) is 125 cm³/mol. The zero-order valence-corrected chi connectivity index (χ0v) is 18.1. The van der Waals surface area contributed by atoms with Gasteiger partial charge in [0.1, 0.15) is 5.82 Å². The van der Waals surface area contributed by atoms with Crippen LogP contribution in [0.25, 0.3) is 10.2 Å². The number of hydrogen-bond acceptors (Lipinski definition) is 5. The van der Waals surface area contributed by atoms with Crippen molar-refractivity contribution in [2.75, 3.05) is 16.4 Å². The Labute approximate surface area is 186 Å². The van der Waals surface area contributed by atoms with Crippen molar-refractivity contribution in [2.45, 2.75) is 11.8 Å². The third-order valence-corrected chi connectivity index (χ3v) is 6.30. The molecule has 0 bridgehead atoms. The first kappa shape index (κ1) is 21.0. The van der Waals surface area contributed by atoms with E-state index >= 15 is 0 Å². The van der Waals surface area contributed by atoms with Gasteiger partial charge < -0.3 is 10.6 Å². The summed E-state index contributed by atoms with van der Waals surface area (Å²) in [6, 6.07) is 18.8. The molecular weight excluding hydrogens is 433 g/mol. The van der Waals surface area contributed by atoms with E-state index in [0.717, 1.165) is 20.7 Å². The third-order valence-electron chi connectivity index (χ3n) is 4.37. The average Bonchev–Trinajstić information content (AvgIpc) is 3.14. The molecule has 156 valence electrons. The Morgan fingerprint density at radius 1 is 1.03 bits per heavy atom. The van der Waals surface area contributed by atoms with Gasteiger partial charge in [0, 0.05) is 10.6 Å². The highest BCUT2D eigenvalue weighted by molar-refractivity contribution is 8.00. The average molecular weight is 452 g/mol. The van der Waals surface area contributed by atoms with E-state index < -0.39 is 11.7 Å². The number of amides is 2. The van der Waals surface area contributed by atoms with Crippen molar-refractivity contribution in [1.29, 1.82) is 0 Å². The van der Waals surface area contributed by atoms with Crippen molar-refractivity contribution in [3.8, 4) is 0 Å². The molecule has 0 saturated heterocycles. The number of rotatable bonds is 6. The second kappa shape index (κ2) is 9.28. The molecule has 4 rings (SSSR count). The van der Waals surface area contributed by atoms with Crippen molar-refractivity contribution in [1.82, 2.24) is 4.98 Å². The van der Waals surface area contributed by atoms with E-state index in [0.29, 0.717) is 10.8 Å². The van der Waals surface area contributed by atoms with Gasteiger partial charge in [0.25, 0.3) is 5.91 Å². The Bertz CT molecular complexity index is 1270. The lowest BCUT2D eigenvalue weighted by Gasteiger charge is -2.08. The van der Waals surface area contributed by atoms with Gasteiger partial charge in [0.15, 0.2) is 5.13 Å². The predicted octanol–water partition coefficient (Wildman–Crippen LogP) is 5.73. The summed E-state index contributed by atoms with van der Waals surface area (Å²) < 4.78 is 14.8. The first-order chi connectivity index (χ1) is 15.0. The third kappa shape index (κ3) is 5.28. The number of nitrogens with zero attached hydrogens (tertiary/aromatic N) is 1. The normalized spacial score (nSPS) is 10.8. The lowest BCUT2D eigenvalue weighted by atomic mass is 10.2. The van der Waals surface area contributed by atoms with E-state index in [1.165, 1.54) is 41.3 Å². The molecule has 1 aromatic heterocycles. The Kier molecular flexibility index (Phi) is 6.29. The summed E-state index contributed by atoms with van der Waals surface area (Å²) in [7, 11) is 0. The Morgan fingerprint density at radius 3 is 2.71 bits per heavy atom. The summed E-state index contributed by atoms with van der Waals surface area (Å²) >= 11 is 2.78. The molecule has 0 unspecified atom stereocenters. The zero-order valence-electron chi connectivity index (χ0n) is 16.5. The second-order valence-corrected chi connectivity index (χ2v) is 8.87. The fraction of sp³-hybridized carbons (Fsp3) is 0.0870. The Hall–Kier alpha value is -3.23. The number of benzene rings is 3. The summed E-state index contributed by atoms with van der Waals surface area (Å²) in [6.07, 6.45) is 0. The Balaban J connectivity index is 1.35. The molecule has 0 radical (unpaired) electrons. The van der Waals surface area contributed by atoms with Gasteiger partial charge in [-0.2, -0.15) is 0 Å². The SMILES string of the molecule is Cc1ccc2nc(NC(=O)CSc3cccc(NC(=O)c4ccccc4F)c3)sc2c1. The standard InChI is InChI=1S/C23H18FN3O2S2/c1-14-9-10-19-20(11-14)31-23(26-19)27-21(28)13-30-16-6-4-5-15(12-16)25-22(29)17-7-2-3-8-18(17)24/h2-12H,13H2,1H3,(H,25,29)(H,26,27,28). The highest BCUT2D eigenvalue weighted by Gasteiger charge is 2.12. The van der Waals surface area contributed by atoms with Crippen LogP contribution < -0.4 is 10.6 Å². The molecule has 3 aromatic carbocycles. The number of aryl methyl sites for hydroxylation is 1. The van der Waals surface area contributed by atoms with Crippen LogP contribution in [-0.2, 0) is 4.79 Å². The molecular formula is C23H18FN3O2S2. The summed E-state index contributed by atoms with van der Waals surface area (Å²) in [5, 5.41) is 6.08. The minimum absolute atomic E-state index is 0.0223. The molecule has 0 aliphatic rings. The summed E-state index contributed by atoms with van der Waals surface area (Å²) in [4.78, 5) is 29.9. The maximum atomic E-state index is 13.8. The van der Waals surface area contributed by atoms with Gasteiger partial charge in [0.05, 0.1) is 21.5 Å². The van der Waals surface area contributed by atoms with E-state index in [9.17, 15) is 14.0 Å². The summed E-state index contributed by atoms with van der Waals surface area (Å²) in [5.41, 5.74) is 2.51. The molecule has 0 spiro atoms. The molecule has 0 aliphatic heterocycles. The van der Waals surface area contributed by atoms with Crippen molar-refractivity contribution in [3.63, 3.8) is 0 Å². The van der Waals surface area contributed by atoms with Gasteiger partial charge >= 0.3 is 0 Å². The fourth-order valence-electron chi connectivity index (χ4n) is 2.90. The maximum Gasteiger partial charge on any atom is 0.258 e.